The molecule has 0 bridgehead atoms. The fourth-order valence-corrected chi connectivity index (χ4v) is 4.05. The van der Waals surface area contributed by atoms with E-state index in [0.717, 1.165) is 28.1 Å². The molecule has 5 rings (SSSR count). The Morgan fingerprint density at radius 3 is 2.69 bits per heavy atom. The third-order valence-corrected chi connectivity index (χ3v) is 5.70. The monoisotopic (exact) mass is 484 g/mol. The molecule has 4 aromatic rings. The Morgan fingerprint density at radius 1 is 1.11 bits per heavy atom. The van der Waals surface area contributed by atoms with Gasteiger partial charge in [0.2, 0.25) is 12.2 Å². The predicted octanol–water partition coefficient (Wildman–Crippen LogP) is 3.42. The predicted molar refractivity (Wildman–Crippen MR) is 115 cm³/mol. The summed E-state index contributed by atoms with van der Waals surface area (Å²) in [6, 6.07) is 10.1. The topological polar surface area (TPSA) is 99.2 Å². The number of benzene rings is 2. The van der Waals surface area contributed by atoms with Crippen molar-refractivity contribution >= 4 is 5.91 Å². The Balaban J connectivity index is 1.45. The number of amides is 1. The van der Waals surface area contributed by atoms with Crippen LogP contribution in [0, 0.1) is 0 Å². The zero-order valence-corrected chi connectivity index (χ0v) is 18.2. The number of hydrogen-bond acceptors (Lipinski definition) is 7. The molecule has 1 amide bonds. The zero-order valence-electron chi connectivity index (χ0n) is 18.2. The molecule has 12 heteroatoms. The lowest BCUT2D eigenvalue weighted by Crippen LogP contribution is -2.50. The SMILES string of the molecule is O=C(c1ccc(C(F)(F)F)cc1-n1nccn1)N1CCOCC1Cc1cccc(-c2ncon2)c1. The maximum Gasteiger partial charge on any atom is 0.416 e. The van der Waals surface area contributed by atoms with E-state index in [4.69, 9.17) is 9.26 Å². The van der Waals surface area contributed by atoms with Crippen LogP contribution in [0.4, 0.5) is 13.2 Å². The molecular formula is C23H19F3N6O3. The lowest BCUT2D eigenvalue weighted by molar-refractivity contribution is -0.137. The summed E-state index contributed by atoms with van der Waals surface area (Å²) in [6.45, 7) is 0.899. The fraction of sp³-hybridized carbons (Fsp3) is 0.261. The van der Waals surface area contributed by atoms with E-state index in [1.54, 1.807) is 4.90 Å². The van der Waals surface area contributed by atoms with Crippen molar-refractivity contribution in [3.63, 3.8) is 0 Å². The number of nitrogens with zero attached hydrogens (tertiary/aromatic N) is 6. The van der Waals surface area contributed by atoms with Crippen LogP contribution >= 0.6 is 0 Å². The number of alkyl halides is 3. The third-order valence-electron chi connectivity index (χ3n) is 5.70. The van der Waals surface area contributed by atoms with Gasteiger partial charge in [-0.15, -0.1) is 0 Å². The standard InChI is InChI=1S/C23H19F3N6O3/c24-23(25,26)17-4-5-19(20(12-17)32-28-6-7-29-32)22(33)31-8-9-34-13-18(31)11-15-2-1-3-16(10-15)21-27-14-35-30-21/h1-7,10,12,14,18H,8-9,11,13H2. The van der Waals surface area contributed by atoms with Crippen LogP contribution in [0.1, 0.15) is 21.5 Å². The molecule has 0 saturated carbocycles. The number of carbonyl (C=O) groups excluding carboxylic acids is 1. The highest BCUT2D eigenvalue weighted by Gasteiger charge is 2.34. The highest BCUT2D eigenvalue weighted by molar-refractivity contribution is 5.98. The van der Waals surface area contributed by atoms with Crippen molar-refractivity contribution in [2.24, 2.45) is 0 Å². The molecule has 1 aliphatic heterocycles. The molecule has 2 aromatic heterocycles. The highest BCUT2D eigenvalue weighted by Crippen LogP contribution is 2.32. The number of aromatic nitrogens is 5. The number of halogens is 3. The number of carbonyl (C=O) groups is 1. The molecule has 1 aliphatic rings. The Kier molecular flexibility index (Phi) is 6.03. The molecule has 0 aliphatic carbocycles. The minimum atomic E-state index is -4.57. The van der Waals surface area contributed by atoms with Crippen LogP contribution in [0.2, 0.25) is 0 Å². The van der Waals surface area contributed by atoms with Gasteiger partial charge in [-0.3, -0.25) is 4.79 Å². The van der Waals surface area contributed by atoms with Gasteiger partial charge in [0, 0.05) is 12.1 Å². The van der Waals surface area contributed by atoms with E-state index in [2.05, 4.69) is 20.3 Å². The highest BCUT2D eigenvalue weighted by atomic mass is 19.4. The van der Waals surface area contributed by atoms with E-state index in [0.29, 0.717) is 25.4 Å². The maximum absolute atomic E-state index is 13.6. The number of hydrogen-bond donors (Lipinski definition) is 0. The number of morpholine rings is 1. The average molecular weight is 484 g/mol. The van der Waals surface area contributed by atoms with Crippen molar-refractivity contribution < 1.29 is 27.2 Å². The van der Waals surface area contributed by atoms with Gasteiger partial charge >= 0.3 is 6.18 Å². The van der Waals surface area contributed by atoms with Gasteiger partial charge in [0.15, 0.2) is 0 Å². The van der Waals surface area contributed by atoms with Crippen molar-refractivity contribution in [3.8, 4) is 17.1 Å². The summed E-state index contributed by atoms with van der Waals surface area (Å²) in [4.78, 5) is 20.3. The van der Waals surface area contributed by atoms with E-state index in [-0.39, 0.29) is 23.9 Å². The summed E-state index contributed by atoms with van der Waals surface area (Å²) in [5.74, 6) is 0.0226. The van der Waals surface area contributed by atoms with E-state index in [9.17, 15) is 18.0 Å². The van der Waals surface area contributed by atoms with Crippen LogP contribution in [-0.2, 0) is 17.3 Å². The first-order valence-corrected chi connectivity index (χ1v) is 10.7. The minimum absolute atomic E-state index is 0.0424. The summed E-state index contributed by atoms with van der Waals surface area (Å²) in [5, 5.41) is 11.7. The van der Waals surface area contributed by atoms with Crippen LogP contribution < -0.4 is 0 Å². The first-order chi connectivity index (χ1) is 16.9. The first kappa shape index (κ1) is 22.7. The Morgan fingerprint density at radius 2 is 1.94 bits per heavy atom. The van der Waals surface area contributed by atoms with Crippen molar-refractivity contribution in [2.75, 3.05) is 19.8 Å². The maximum atomic E-state index is 13.6. The van der Waals surface area contributed by atoms with Crippen molar-refractivity contribution in [2.45, 2.75) is 18.6 Å². The summed E-state index contributed by atoms with van der Waals surface area (Å²) in [6.07, 6.45) is -0.193. The van der Waals surface area contributed by atoms with Gasteiger partial charge < -0.3 is 14.2 Å². The molecule has 0 spiro atoms. The second kappa shape index (κ2) is 9.29. The molecule has 1 atom stereocenters. The van der Waals surface area contributed by atoms with Crippen LogP contribution in [0.5, 0.6) is 0 Å². The molecule has 1 unspecified atom stereocenters. The van der Waals surface area contributed by atoms with Gasteiger partial charge in [0.25, 0.3) is 5.91 Å². The van der Waals surface area contributed by atoms with Crippen LogP contribution in [-0.4, -0.2) is 61.7 Å². The second-order valence-corrected chi connectivity index (χ2v) is 7.93. The summed E-state index contributed by atoms with van der Waals surface area (Å²) < 4.78 is 50.5. The Bertz CT molecular complexity index is 1310. The van der Waals surface area contributed by atoms with Crippen molar-refractivity contribution in [3.05, 3.63) is 77.9 Å². The molecule has 3 heterocycles. The van der Waals surface area contributed by atoms with Gasteiger partial charge in [0.1, 0.15) is 0 Å². The van der Waals surface area contributed by atoms with Crippen molar-refractivity contribution in [1.29, 1.82) is 0 Å². The third kappa shape index (κ3) is 4.78. The van der Waals surface area contributed by atoms with Gasteiger partial charge in [-0.2, -0.15) is 33.1 Å². The summed E-state index contributed by atoms with van der Waals surface area (Å²) in [7, 11) is 0. The van der Waals surface area contributed by atoms with Gasteiger partial charge in [0.05, 0.1) is 48.5 Å². The lowest BCUT2D eigenvalue weighted by atomic mass is 10.00. The fourth-order valence-electron chi connectivity index (χ4n) is 4.05. The number of ether oxygens (including phenoxy) is 1. The van der Waals surface area contributed by atoms with Gasteiger partial charge in [-0.1, -0.05) is 23.4 Å². The molecule has 9 nitrogen and oxygen atoms in total. The molecule has 0 radical (unpaired) electrons. The average Bonchev–Trinajstić information content (AvgIpc) is 3.58. The van der Waals surface area contributed by atoms with Crippen LogP contribution in [0.25, 0.3) is 17.1 Å². The van der Waals surface area contributed by atoms with E-state index < -0.39 is 17.6 Å². The minimum Gasteiger partial charge on any atom is -0.377 e. The molecule has 35 heavy (non-hydrogen) atoms. The summed E-state index contributed by atoms with van der Waals surface area (Å²) in [5.41, 5.74) is 0.821. The lowest BCUT2D eigenvalue weighted by Gasteiger charge is -2.36. The molecular weight excluding hydrogens is 465 g/mol. The van der Waals surface area contributed by atoms with E-state index >= 15 is 0 Å². The largest absolute Gasteiger partial charge is 0.416 e. The van der Waals surface area contributed by atoms with Gasteiger partial charge in [-0.05, 0) is 36.2 Å². The Labute approximate surface area is 197 Å². The quantitative estimate of drug-likeness (QED) is 0.428. The molecule has 1 saturated heterocycles. The molecule has 2 aromatic carbocycles. The van der Waals surface area contributed by atoms with Crippen LogP contribution in [0.3, 0.4) is 0 Å². The Hall–Kier alpha value is -4.06. The zero-order chi connectivity index (χ0) is 24.4. The first-order valence-electron chi connectivity index (χ1n) is 10.7. The normalized spacial score (nSPS) is 16.4. The molecule has 1 fully saturated rings. The van der Waals surface area contributed by atoms with Gasteiger partial charge in [-0.25, -0.2) is 0 Å². The van der Waals surface area contributed by atoms with Crippen LogP contribution in [0.15, 0.2) is 65.8 Å². The van der Waals surface area contributed by atoms with E-state index in [1.165, 1.54) is 24.9 Å². The van der Waals surface area contributed by atoms with Crippen molar-refractivity contribution in [1.82, 2.24) is 30.0 Å². The molecule has 0 N–H and O–H groups in total. The molecule has 180 valence electrons. The smallest absolute Gasteiger partial charge is 0.377 e. The summed E-state index contributed by atoms with van der Waals surface area (Å²) >= 11 is 0. The number of rotatable bonds is 5. The van der Waals surface area contributed by atoms with E-state index in [1.807, 2.05) is 24.3 Å². The second-order valence-electron chi connectivity index (χ2n) is 7.93.